The van der Waals surface area contributed by atoms with E-state index in [-0.39, 0.29) is 5.02 Å². The summed E-state index contributed by atoms with van der Waals surface area (Å²) in [5.41, 5.74) is -0.485. The zero-order chi connectivity index (χ0) is 21.0. The number of ether oxygens (including phenoxy) is 1. The SMILES string of the molecule is CCOC(=O)c1ccc(N2CCCN(c3ncc(C(F)(F)F)cc3Cl)CC2)nc1. The van der Waals surface area contributed by atoms with Crippen molar-refractivity contribution in [3.05, 3.63) is 46.7 Å². The lowest BCUT2D eigenvalue weighted by Gasteiger charge is -2.24. The van der Waals surface area contributed by atoms with Gasteiger partial charge in [0.2, 0.25) is 0 Å². The Labute approximate surface area is 171 Å². The Morgan fingerprint density at radius 1 is 1.14 bits per heavy atom. The first-order chi connectivity index (χ1) is 13.8. The van der Waals surface area contributed by atoms with Crippen LogP contribution in [0.5, 0.6) is 0 Å². The summed E-state index contributed by atoms with van der Waals surface area (Å²) in [6.07, 6.45) is -1.45. The van der Waals surface area contributed by atoms with Crippen molar-refractivity contribution in [2.24, 2.45) is 0 Å². The minimum absolute atomic E-state index is 0.0230. The monoisotopic (exact) mass is 428 g/mol. The number of aromatic nitrogens is 2. The average molecular weight is 429 g/mol. The number of carbonyl (C=O) groups is 1. The molecule has 156 valence electrons. The van der Waals surface area contributed by atoms with Crippen LogP contribution in [-0.2, 0) is 10.9 Å². The van der Waals surface area contributed by atoms with E-state index in [0.29, 0.717) is 50.0 Å². The fraction of sp³-hybridized carbons (Fsp3) is 0.421. The molecule has 1 aliphatic rings. The molecule has 0 spiro atoms. The van der Waals surface area contributed by atoms with Gasteiger partial charge in [-0.1, -0.05) is 11.6 Å². The molecule has 0 radical (unpaired) electrons. The van der Waals surface area contributed by atoms with Gasteiger partial charge in [-0.15, -0.1) is 0 Å². The van der Waals surface area contributed by atoms with Gasteiger partial charge in [0, 0.05) is 38.6 Å². The van der Waals surface area contributed by atoms with Crippen molar-refractivity contribution in [2.75, 3.05) is 42.6 Å². The molecule has 29 heavy (non-hydrogen) atoms. The Morgan fingerprint density at radius 2 is 1.86 bits per heavy atom. The number of carbonyl (C=O) groups excluding carboxylic acids is 1. The molecule has 0 aromatic carbocycles. The Bertz CT molecular complexity index is 862. The molecule has 1 saturated heterocycles. The van der Waals surface area contributed by atoms with Gasteiger partial charge in [0.1, 0.15) is 11.6 Å². The van der Waals surface area contributed by atoms with Crippen LogP contribution in [0.2, 0.25) is 5.02 Å². The Kier molecular flexibility index (Phi) is 6.46. The summed E-state index contributed by atoms with van der Waals surface area (Å²) in [5.74, 6) is 0.634. The molecule has 0 bridgehead atoms. The molecule has 0 saturated carbocycles. The number of rotatable bonds is 4. The maximum atomic E-state index is 12.8. The van der Waals surface area contributed by atoms with Crippen molar-refractivity contribution in [3.63, 3.8) is 0 Å². The van der Waals surface area contributed by atoms with Gasteiger partial charge in [0.05, 0.1) is 22.8 Å². The molecule has 0 aliphatic carbocycles. The van der Waals surface area contributed by atoms with Gasteiger partial charge in [0.25, 0.3) is 0 Å². The minimum Gasteiger partial charge on any atom is -0.462 e. The van der Waals surface area contributed by atoms with E-state index in [4.69, 9.17) is 16.3 Å². The van der Waals surface area contributed by atoms with Crippen molar-refractivity contribution in [1.82, 2.24) is 9.97 Å². The molecule has 3 heterocycles. The van der Waals surface area contributed by atoms with Gasteiger partial charge < -0.3 is 14.5 Å². The van der Waals surface area contributed by atoms with Crippen LogP contribution >= 0.6 is 11.6 Å². The summed E-state index contributed by atoms with van der Waals surface area (Å²) in [4.78, 5) is 23.9. The molecule has 2 aromatic rings. The molecule has 0 unspecified atom stereocenters. The first-order valence-corrected chi connectivity index (χ1v) is 9.53. The smallest absolute Gasteiger partial charge is 0.417 e. The molecule has 6 nitrogen and oxygen atoms in total. The molecular formula is C19H20ClF3N4O2. The maximum absolute atomic E-state index is 12.8. The number of pyridine rings is 2. The quantitative estimate of drug-likeness (QED) is 0.685. The number of nitrogens with zero attached hydrogens (tertiary/aromatic N) is 4. The summed E-state index contributed by atoms with van der Waals surface area (Å²) in [6, 6.07) is 4.32. The van der Waals surface area contributed by atoms with Crippen molar-refractivity contribution in [2.45, 2.75) is 19.5 Å². The number of alkyl halides is 3. The molecular weight excluding hydrogens is 409 g/mol. The van der Waals surface area contributed by atoms with Crippen LogP contribution in [0.25, 0.3) is 0 Å². The molecule has 10 heteroatoms. The van der Waals surface area contributed by atoms with Gasteiger partial charge in [-0.05, 0) is 31.5 Å². The number of anilines is 2. The van der Waals surface area contributed by atoms with Crippen LogP contribution < -0.4 is 9.80 Å². The highest BCUT2D eigenvalue weighted by molar-refractivity contribution is 6.33. The highest BCUT2D eigenvalue weighted by atomic mass is 35.5. The number of esters is 1. The Balaban J connectivity index is 1.68. The summed E-state index contributed by atoms with van der Waals surface area (Å²) in [5, 5.41) is -0.0230. The molecule has 0 amide bonds. The van der Waals surface area contributed by atoms with E-state index in [0.717, 1.165) is 18.7 Å². The third-order valence-corrected chi connectivity index (χ3v) is 4.81. The summed E-state index contributed by atoms with van der Waals surface area (Å²) in [7, 11) is 0. The number of hydrogen-bond acceptors (Lipinski definition) is 6. The normalized spacial score (nSPS) is 15.2. The largest absolute Gasteiger partial charge is 0.462 e. The van der Waals surface area contributed by atoms with Crippen LogP contribution in [0.15, 0.2) is 30.6 Å². The van der Waals surface area contributed by atoms with E-state index >= 15 is 0 Å². The minimum atomic E-state index is -4.48. The van der Waals surface area contributed by atoms with E-state index in [1.807, 2.05) is 9.80 Å². The fourth-order valence-corrected chi connectivity index (χ4v) is 3.37. The molecule has 0 N–H and O–H groups in total. The lowest BCUT2D eigenvalue weighted by atomic mass is 10.2. The Hall–Kier alpha value is -2.55. The van der Waals surface area contributed by atoms with E-state index < -0.39 is 17.7 Å². The summed E-state index contributed by atoms with van der Waals surface area (Å²) in [6.45, 7) is 4.46. The molecule has 2 aromatic heterocycles. The Morgan fingerprint density at radius 3 is 2.48 bits per heavy atom. The number of hydrogen-bond donors (Lipinski definition) is 0. The molecule has 3 rings (SSSR count). The van der Waals surface area contributed by atoms with Crippen LogP contribution in [0.1, 0.15) is 29.3 Å². The second-order valence-corrected chi connectivity index (χ2v) is 6.89. The lowest BCUT2D eigenvalue weighted by Crippen LogP contribution is -2.31. The van der Waals surface area contributed by atoms with Crippen molar-refractivity contribution in [1.29, 1.82) is 0 Å². The van der Waals surface area contributed by atoms with Crippen molar-refractivity contribution < 1.29 is 22.7 Å². The third kappa shape index (κ3) is 5.09. The van der Waals surface area contributed by atoms with Gasteiger partial charge in [0.15, 0.2) is 0 Å². The molecule has 0 atom stereocenters. The van der Waals surface area contributed by atoms with Gasteiger partial charge in [-0.2, -0.15) is 13.2 Å². The van der Waals surface area contributed by atoms with Crippen LogP contribution in [0, 0.1) is 0 Å². The predicted molar refractivity (Wildman–Crippen MR) is 103 cm³/mol. The van der Waals surface area contributed by atoms with Gasteiger partial charge in [-0.3, -0.25) is 0 Å². The number of halogens is 4. The zero-order valence-corrected chi connectivity index (χ0v) is 16.5. The average Bonchev–Trinajstić information content (AvgIpc) is 2.93. The van der Waals surface area contributed by atoms with E-state index in [9.17, 15) is 18.0 Å². The molecule has 1 aliphatic heterocycles. The first-order valence-electron chi connectivity index (χ1n) is 9.15. The molecule has 1 fully saturated rings. The van der Waals surface area contributed by atoms with E-state index in [1.54, 1.807) is 19.1 Å². The maximum Gasteiger partial charge on any atom is 0.417 e. The summed E-state index contributed by atoms with van der Waals surface area (Å²) >= 11 is 6.07. The fourth-order valence-electron chi connectivity index (χ4n) is 3.09. The zero-order valence-electron chi connectivity index (χ0n) is 15.7. The van der Waals surface area contributed by atoms with Crippen LogP contribution in [0.4, 0.5) is 24.8 Å². The highest BCUT2D eigenvalue weighted by Crippen LogP contribution is 2.33. The topological polar surface area (TPSA) is 58.6 Å². The van der Waals surface area contributed by atoms with Gasteiger partial charge >= 0.3 is 12.1 Å². The second kappa shape index (κ2) is 8.86. The standard InChI is InChI=1S/C19H20ClF3N4O2/c1-2-29-18(28)13-4-5-16(24-11-13)26-6-3-7-27(9-8-26)17-15(20)10-14(12-25-17)19(21,22)23/h4-5,10-12H,2-3,6-9H2,1H3. The second-order valence-electron chi connectivity index (χ2n) is 6.48. The van der Waals surface area contributed by atoms with Crippen LogP contribution in [-0.4, -0.2) is 48.7 Å². The van der Waals surface area contributed by atoms with Crippen molar-refractivity contribution in [3.8, 4) is 0 Å². The first kappa shape index (κ1) is 21.2. The van der Waals surface area contributed by atoms with Crippen molar-refractivity contribution >= 4 is 29.2 Å². The van der Waals surface area contributed by atoms with Gasteiger partial charge in [-0.25, -0.2) is 14.8 Å². The third-order valence-electron chi connectivity index (χ3n) is 4.53. The summed E-state index contributed by atoms with van der Waals surface area (Å²) < 4.78 is 43.4. The van der Waals surface area contributed by atoms with Crippen LogP contribution in [0.3, 0.4) is 0 Å². The van der Waals surface area contributed by atoms with E-state index in [1.165, 1.54) is 6.20 Å². The predicted octanol–water partition coefficient (Wildman–Crippen LogP) is 4.04. The van der Waals surface area contributed by atoms with E-state index in [2.05, 4.69) is 9.97 Å². The highest BCUT2D eigenvalue weighted by Gasteiger charge is 2.32. The lowest BCUT2D eigenvalue weighted by molar-refractivity contribution is -0.137.